The highest BCUT2D eigenvalue weighted by atomic mass is 16.5. The van der Waals surface area contributed by atoms with Crippen molar-refractivity contribution >= 4 is 46.1 Å². The number of benzene rings is 1. The highest BCUT2D eigenvalue weighted by Gasteiger charge is 2.35. The normalized spacial score (nSPS) is 20.5. The lowest BCUT2D eigenvalue weighted by molar-refractivity contribution is -0.137. The zero-order valence-corrected chi connectivity index (χ0v) is 31.3. The average molecular weight is 722 g/mol. The molecule has 7 heterocycles. The molecule has 1 aromatic carbocycles. The molecule has 0 radical (unpaired) electrons. The van der Waals surface area contributed by atoms with Gasteiger partial charge in [-0.05, 0) is 75.8 Å². The number of piperidine rings is 3. The molecular formula is C39H51N11O3. The lowest BCUT2D eigenvalue weighted by Gasteiger charge is -2.37. The fourth-order valence-corrected chi connectivity index (χ4v) is 8.46. The van der Waals surface area contributed by atoms with Crippen LogP contribution in [0, 0.1) is 0 Å². The van der Waals surface area contributed by atoms with Gasteiger partial charge in [0.15, 0.2) is 5.82 Å². The molecule has 2 N–H and O–H groups in total. The van der Waals surface area contributed by atoms with Crippen LogP contribution in [0.15, 0.2) is 42.7 Å². The maximum Gasteiger partial charge on any atom is 0.243 e. The van der Waals surface area contributed by atoms with Crippen LogP contribution in [0.5, 0.6) is 0 Å². The van der Waals surface area contributed by atoms with Gasteiger partial charge in [0.05, 0.1) is 23.0 Å². The summed E-state index contributed by atoms with van der Waals surface area (Å²) in [4.78, 5) is 47.6. The summed E-state index contributed by atoms with van der Waals surface area (Å²) in [6.45, 7) is 10.3. The Morgan fingerprint density at radius 2 is 1.72 bits per heavy atom. The highest BCUT2D eigenvalue weighted by Crippen LogP contribution is 2.33. The van der Waals surface area contributed by atoms with Gasteiger partial charge < -0.3 is 19.9 Å². The number of nitrogens with zero attached hydrogens (tertiary/aromatic N) is 9. The number of hydrogen-bond donors (Lipinski definition) is 2. The molecule has 1 unspecified atom stereocenters. The number of aromatic nitrogens is 5. The molecule has 1 atom stereocenters. The third-order valence-corrected chi connectivity index (χ3v) is 11.5. The van der Waals surface area contributed by atoms with Crippen LogP contribution < -0.4 is 20.4 Å². The molecule has 14 heteroatoms. The number of carbonyl (C=O) groups excluding carboxylic acids is 2. The van der Waals surface area contributed by atoms with Gasteiger partial charge in [-0.3, -0.25) is 29.4 Å². The van der Waals surface area contributed by atoms with Crippen molar-refractivity contribution in [3.63, 3.8) is 0 Å². The number of rotatable bonds is 10. The molecule has 3 saturated heterocycles. The molecule has 2 amide bonds. The van der Waals surface area contributed by atoms with Crippen molar-refractivity contribution in [3.8, 4) is 0 Å². The minimum absolute atomic E-state index is 0.162. The minimum Gasteiger partial charge on any atom is -0.381 e. The Morgan fingerprint density at radius 1 is 0.943 bits per heavy atom. The van der Waals surface area contributed by atoms with E-state index >= 15 is 0 Å². The van der Waals surface area contributed by atoms with E-state index in [2.05, 4.69) is 85.1 Å². The molecule has 3 aromatic heterocycles. The SMILES string of the molecule is COC1CCN(c2nccc(Nc3cc4c(cn3)c(N3CCC(N(C)Cc5ccc6c(c5)CN(C5CCC(=O)NC5=O)C6)CC3)nn4C(C)C)n2)CC1. The van der Waals surface area contributed by atoms with Crippen molar-refractivity contribution in [3.05, 3.63) is 59.4 Å². The van der Waals surface area contributed by atoms with Crippen LogP contribution in [0.1, 0.15) is 75.1 Å². The van der Waals surface area contributed by atoms with Gasteiger partial charge in [0.2, 0.25) is 17.8 Å². The van der Waals surface area contributed by atoms with Crippen LogP contribution in [0.3, 0.4) is 0 Å². The van der Waals surface area contributed by atoms with Gasteiger partial charge in [-0.2, -0.15) is 10.1 Å². The van der Waals surface area contributed by atoms with Gasteiger partial charge in [0, 0.05) is 89.9 Å². The monoisotopic (exact) mass is 721 g/mol. The maximum atomic E-state index is 12.5. The zero-order valence-electron chi connectivity index (χ0n) is 31.3. The lowest BCUT2D eigenvalue weighted by Crippen LogP contribution is -2.50. The summed E-state index contributed by atoms with van der Waals surface area (Å²) in [5.41, 5.74) is 4.91. The van der Waals surface area contributed by atoms with E-state index in [1.165, 1.54) is 16.7 Å². The number of carbonyl (C=O) groups is 2. The number of hydrogen-bond acceptors (Lipinski definition) is 12. The van der Waals surface area contributed by atoms with E-state index in [0.29, 0.717) is 30.8 Å². The van der Waals surface area contributed by atoms with Crippen molar-refractivity contribution in [2.75, 3.05) is 55.5 Å². The molecule has 4 aromatic rings. The fourth-order valence-electron chi connectivity index (χ4n) is 8.46. The second-order valence-electron chi connectivity index (χ2n) is 15.3. The number of amides is 2. The Labute approximate surface area is 310 Å². The number of nitrogens with one attached hydrogen (secondary N) is 2. The van der Waals surface area contributed by atoms with Crippen LogP contribution in [-0.2, 0) is 34.0 Å². The quantitative estimate of drug-likeness (QED) is 0.225. The van der Waals surface area contributed by atoms with E-state index in [4.69, 9.17) is 19.8 Å². The molecule has 14 nitrogen and oxygen atoms in total. The van der Waals surface area contributed by atoms with Crippen LogP contribution in [-0.4, -0.2) is 105 Å². The van der Waals surface area contributed by atoms with Crippen molar-refractivity contribution in [2.45, 2.75) is 96.2 Å². The summed E-state index contributed by atoms with van der Waals surface area (Å²) in [6, 6.07) is 11.1. The fraction of sp³-hybridized carbons (Fsp3) is 0.538. The summed E-state index contributed by atoms with van der Waals surface area (Å²) >= 11 is 0. The van der Waals surface area contributed by atoms with E-state index in [1.54, 1.807) is 13.3 Å². The Bertz CT molecular complexity index is 1970. The smallest absolute Gasteiger partial charge is 0.243 e. The first-order chi connectivity index (χ1) is 25.7. The predicted octanol–water partition coefficient (Wildman–Crippen LogP) is 4.38. The van der Waals surface area contributed by atoms with Gasteiger partial charge in [0.1, 0.15) is 11.6 Å². The van der Waals surface area contributed by atoms with Gasteiger partial charge in [-0.15, -0.1) is 0 Å². The second-order valence-corrected chi connectivity index (χ2v) is 15.3. The summed E-state index contributed by atoms with van der Waals surface area (Å²) in [5.74, 6) is 2.83. The highest BCUT2D eigenvalue weighted by molar-refractivity contribution is 6.00. The molecular weight excluding hydrogens is 671 g/mol. The van der Waals surface area contributed by atoms with Gasteiger partial charge >= 0.3 is 0 Å². The Morgan fingerprint density at radius 3 is 2.47 bits per heavy atom. The first kappa shape index (κ1) is 35.4. The van der Waals surface area contributed by atoms with Gasteiger partial charge in [-0.25, -0.2) is 9.97 Å². The first-order valence-electron chi connectivity index (χ1n) is 19.1. The van der Waals surface area contributed by atoms with E-state index < -0.39 is 0 Å². The molecule has 4 aliphatic rings. The topological polar surface area (TPSA) is 137 Å². The molecule has 3 fully saturated rings. The van der Waals surface area contributed by atoms with Crippen molar-refractivity contribution in [1.82, 2.24) is 39.8 Å². The Kier molecular flexibility index (Phi) is 10.0. The molecule has 0 saturated carbocycles. The van der Waals surface area contributed by atoms with Crippen LogP contribution in [0.2, 0.25) is 0 Å². The summed E-state index contributed by atoms with van der Waals surface area (Å²) in [6.07, 6.45) is 9.09. The van der Waals surface area contributed by atoms with Crippen molar-refractivity contribution < 1.29 is 14.3 Å². The first-order valence-corrected chi connectivity index (χ1v) is 19.1. The molecule has 53 heavy (non-hydrogen) atoms. The zero-order chi connectivity index (χ0) is 36.6. The third kappa shape index (κ3) is 7.44. The summed E-state index contributed by atoms with van der Waals surface area (Å²) in [7, 11) is 4.01. The Balaban J connectivity index is 0.895. The van der Waals surface area contributed by atoms with Crippen molar-refractivity contribution in [2.24, 2.45) is 0 Å². The van der Waals surface area contributed by atoms with Gasteiger partial charge in [-0.1, -0.05) is 18.2 Å². The summed E-state index contributed by atoms with van der Waals surface area (Å²) in [5, 5.41) is 12.1. The molecule has 280 valence electrons. The average Bonchev–Trinajstić information content (AvgIpc) is 3.76. The van der Waals surface area contributed by atoms with Crippen LogP contribution in [0.25, 0.3) is 10.9 Å². The standard InChI is InChI=1S/C39H51N11O3/c1-25(2)50-33-20-35(42-34-9-14-40-39(43-34)48-17-12-30(53-4)13-18-48)41-21-31(33)37(45-50)47-15-10-29(11-16-47)46(3)22-26-5-6-27-23-49(24-28(27)19-26)32-7-8-36(51)44-38(32)52/h5-6,9,14,19-21,25,29-30,32H,7-8,10-13,15-18,22-24H2,1-4H3,(H,44,51,52)(H,40,41,42,43). The van der Waals surface area contributed by atoms with E-state index in [-0.39, 0.29) is 23.9 Å². The minimum atomic E-state index is -0.233. The molecule has 0 bridgehead atoms. The predicted molar refractivity (Wildman–Crippen MR) is 204 cm³/mol. The molecule has 0 spiro atoms. The van der Waals surface area contributed by atoms with E-state index in [1.807, 2.05) is 12.3 Å². The summed E-state index contributed by atoms with van der Waals surface area (Å²) < 4.78 is 7.64. The number of imide groups is 1. The Hall–Kier alpha value is -4.66. The number of pyridine rings is 1. The van der Waals surface area contributed by atoms with Crippen molar-refractivity contribution in [1.29, 1.82) is 0 Å². The van der Waals surface area contributed by atoms with E-state index in [0.717, 1.165) is 100.0 Å². The lowest BCUT2D eigenvalue weighted by atomic mass is 10.0. The largest absolute Gasteiger partial charge is 0.381 e. The van der Waals surface area contributed by atoms with Crippen LogP contribution >= 0.6 is 0 Å². The number of ether oxygens (including phenoxy) is 1. The number of fused-ring (bicyclic) bond motifs is 2. The number of anilines is 4. The van der Waals surface area contributed by atoms with Gasteiger partial charge in [0.25, 0.3) is 0 Å². The molecule has 4 aliphatic heterocycles. The maximum absolute atomic E-state index is 12.5. The van der Waals surface area contributed by atoms with Crippen LogP contribution in [0.4, 0.5) is 23.4 Å². The third-order valence-electron chi connectivity index (χ3n) is 11.5. The molecule has 0 aliphatic carbocycles. The second kappa shape index (κ2) is 15.0. The number of methoxy groups -OCH3 is 1. The molecule has 8 rings (SSSR count). The van der Waals surface area contributed by atoms with E-state index in [9.17, 15) is 9.59 Å².